The van der Waals surface area contributed by atoms with Crippen molar-refractivity contribution in [3.8, 4) is 11.1 Å². The fourth-order valence-electron chi connectivity index (χ4n) is 7.26. The van der Waals surface area contributed by atoms with Crippen LogP contribution < -0.4 is 4.90 Å². The molecule has 0 bridgehead atoms. The van der Waals surface area contributed by atoms with Crippen LogP contribution >= 0.6 is 0 Å². The van der Waals surface area contributed by atoms with Crippen LogP contribution in [0, 0.1) is 0 Å². The molecule has 0 N–H and O–H groups in total. The summed E-state index contributed by atoms with van der Waals surface area (Å²) in [5.74, 6) is 0.854. The van der Waals surface area contributed by atoms with Gasteiger partial charge >= 0.3 is 0 Å². The summed E-state index contributed by atoms with van der Waals surface area (Å²) >= 11 is 0. The number of anilines is 2. The second-order valence-electron chi connectivity index (χ2n) is 12.6. The monoisotopic (exact) mass is 597 g/mol. The molecule has 0 unspecified atom stereocenters. The van der Waals surface area contributed by atoms with Gasteiger partial charge in [-0.1, -0.05) is 124 Å². The van der Waals surface area contributed by atoms with Gasteiger partial charge in [0, 0.05) is 38.7 Å². The van der Waals surface area contributed by atoms with Gasteiger partial charge in [-0.25, -0.2) is 0 Å². The summed E-state index contributed by atoms with van der Waals surface area (Å²) in [7, 11) is 0. The fraction of sp³-hybridized carbons (Fsp3) is 0.136. The van der Waals surface area contributed by atoms with E-state index in [1.54, 1.807) is 0 Å². The highest BCUT2D eigenvalue weighted by Gasteiger charge is 2.38. The van der Waals surface area contributed by atoms with Crippen molar-refractivity contribution in [1.82, 2.24) is 0 Å². The average molecular weight is 598 g/mol. The summed E-state index contributed by atoms with van der Waals surface area (Å²) in [5, 5.41) is 3.54. The van der Waals surface area contributed by atoms with Crippen molar-refractivity contribution >= 4 is 50.8 Å². The molecule has 0 spiro atoms. The molecule has 7 rings (SSSR count). The zero-order chi connectivity index (χ0) is 32.0. The van der Waals surface area contributed by atoms with Gasteiger partial charge in [-0.3, -0.25) is 0 Å². The normalized spacial score (nSPS) is 14.4. The molecular formula is C44H39NO. The molecule has 6 aromatic rings. The van der Waals surface area contributed by atoms with E-state index < -0.39 is 0 Å². The van der Waals surface area contributed by atoms with Crippen molar-refractivity contribution < 1.29 is 4.42 Å². The summed E-state index contributed by atoms with van der Waals surface area (Å²) in [6, 6.07) is 39.2. The Bertz CT molecular complexity index is 2200. The number of benzene rings is 5. The molecule has 226 valence electrons. The lowest BCUT2D eigenvalue weighted by Gasteiger charge is -2.30. The van der Waals surface area contributed by atoms with Gasteiger partial charge in [0.15, 0.2) is 0 Å². The second-order valence-corrected chi connectivity index (χ2v) is 12.6. The molecule has 46 heavy (non-hydrogen) atoms. The van der Waals surface area contributed by atoms with E-state index in [1.165, 1.54) is 44.2 Å². The van der Waals surface area contributed by atoms with Gasteiger partial charge in [-0.15, -0.1) is 0 Å². The third-order valence-corrected chi connectivity index (χ3v) is 9.52. The molecule has 0 saturated heterocycles. The molecule has 0 amide bonds. The van der Waals surface area contributed by atoms with E-state index >= 15 is 0 Å². The minimum absolute atomic E-state index is 0.210. The third kappa shape index (κ3) is 4.73. The first kappa shape index (κ1) is 29.4. The highest BCUT2D eigenvalue weighted by Crippen LogP contribution is 2.51. The van der Waals surface area contributed by atoms with E-state index in [4.69, 9.17) is 4.42 Å². The predicted octanol–water partition coefficient (Wildman–Crippen LogP) is 12.7. The lowest BCUT2D eigenvalue weighted by atomic mass is 9.80. The number of nitrogens with zero attached hydrogens (tertiary/aromatic N) is 1. The Balaban J connectivity index is 1.41. The van der Waals surface area contributed by atoms with E-state index in [0.717, 1.165) is 39.4 Å². The van der Waals surface area contributed by atoms with E-state index in [0.29, 0.717) is 0 Å². The number of hydrogen-bond acceptors (Lipinski definition) is 2. The number of allylic oxidation sites excluding steroid dienone is 5. The first-order valence-electron chi connectivity index (χ1n) is 16.0. The molecule has 1 aromatic heterocycles. The van der Waals surface area contributed by atoms with Gasteiger partial charge < -0.3 is 9.32 Å². The SMILES string of the molecule is C=Cc1c(/C=C\C)oc2c3c(ccc12)C(C)(C)C(/C=C(\C)N(c1ccc(-c2ccccc2)cc1)c1cccc2ccccc12)=C3C. The van der Waals surface area contributed by atoms with E-state index in [1.807, 2.05) is 25.2 Å². The van der Waals surface area contributed by atoms with Crippen LogP contribution in [0.5, 0.6) is 0 Å². The molecule has 2 heteroatoms. The minimum atomic E-state index is -0.210. The van der Waals surface area contributed by atoms with Crippen LogP contribution in [0.25, 0.3) is 50.6 Å². The van der Waals surface area contributed by atoms with E-state index in [2.05, 4.69) is 154 Å². The van der Waals surface area contributed by atoms with Crippen LogP contribution in [0.15, 0.2) is 144 Å². The summed E-state index contributed by atoms with van der Waals surface area (Å²) in [6.45, 7) is 15.2. The first-order chi connectivity index (χ1) is 22.3. The first-order valence-corrected chi connectivity index (χ1v) is 16.0. The average Bonchev–Trinajstić information content (AvgIpc) is 3.53. The van der Waals surface area contributed by atoms with Crippen LogP contribution in [-0.4, -0.2) is 0 Å². The summed E-state index contributed by atoms with van der Waals surface area (Å²) in [4.78, 5) is 2.40. The minimum Gasteiger partial charge on any atom is -0.455 e. The summed E-state index contributed by atoms with van der Waals surface area (Å²) < 4.78 is 6.55. The highest BCUT2D eigenvalue weighted by atomic mass is 16.3. The molecule has 0 radical (unpaired) electrons. The van der Waals surface area contributed by atoms with Crippen LogP contribution in [0.4, 0.5) is 11.4 Å². The lowest BCUT2D eigenvalue weighted by Crippen LogP contribution is -2.19. The lowest BCUT2D eigenvalue weighted by molar-refractivity contribution is 0.599. The Labute approximate surface area is 272 Å². The molecule has 0 atom stereocenters. The van der Waals surface area contributed by atoms with Gasteiger partial charge in [-0.2, -0.15) is 0 Å². The van der Waals surface area contributed by atoms with Crippen LogP contribution in [0.3, 0.4) is 0 Å². The fourth-order valence-corrected chi connectivity index (χ4v) is 7.26. The van der Waals surface area contributed by atoms with E-state index in [9.17, 15) is 0 Å². The van der Waals surface area contributed by atoms with Gasteiger partial charge in [0.05, 0.1) is 5.69 Å². The third-order valence-electron chi connectivity index (χ3n) is 9.52. The molecular weight excluding hydrogens is 558 g/mol. The largest absolute Gasteiger partial charge is 0.455 e. The zero-order valence-electron chi connectivity index (χ0n) is 27.3. The molecule has 1 aliphatic carbocycles. The zero-order valence-corrected chi connectivity index (χ0v) is 27.3. The van der Waals surface area contributed by atoms with Gasteiger partial charge in [0.25, 0.3) is 0 Å². The topological polar surface area (TPSA) is 16.4 Å². The van der Waals surface area contributed by atoms with Crippen molar-refractivity contribution in [2.24, 2.45) is 0 Å². The maximum atomic E-state index is 6.55. The second kappa shape index (κ2) is 11.5. The van der Waals surface area contributed by atoms with Crippen LogP contribution in [-0.2, 0) is 5.41 Å². The van der Waals surface area contributed by atoms with Gasteiger partial charge in [-0.05, 0) is 84.3 Å². The molecule has 0 saturated carbocycles. The van der Waals surface area contributed by atoms with Gasteiger partial charge in [0.1, 0.15) is 11.3 Å². The Kier molecular flexibility index (Phi) is 7.37. The molecule has 0 fully saturated rings. The molecule has 1 aliphatic rings. The molecule has 1 heterocycles. The molecule has 2 nitrogen and oxygen atoms in total. The van der Waals surface area contributed by atoms with E-state index in [-0.39, 0.29) is 5.41 Å². The molecule has 5 aromatic carbocycles. The van der Waals surface area contributed by atoms with Crippen molar-refractivity contribution in [2.75, 3.05) is 4.90 Å². The maximum absolute atomic E-state index is 6.55. The Morgan fingerprint density at radius 1 is 0.783 bits per heavy atom. The van der Waals surface area contributed by atoms with Crippen LogP contribution in [0.1, 0.15) is 57.1 Å². The van der Waals surface area contributed by atoms with Crippen molar-refractivity contribution in [3.05, 3.63) is 162 Å². The Hall–Kier alpha value is -5.34. The quantitative estimate of drug-likeness (QED) is 0.182. The van der Waals surface area contributed by atoms with Crippen molar-refractivity contribution in [3.63, 3.8) is 0 Å². The molecule has 0 aliphatic heterocycles. The number of hydrogen-bond donors (Lipinski definition) is 0. The number of rotatable bonds is 7. The summed E-state index contributed by atoms with van der Waals surface area (Å²) in [5.41, 5.74) is 12.6. The number of furan rings is 1. The van der Waals surface area contributed by atoms with Crippen molar-refractivity contribution in [1.29, 1.82) is 0 Å². The number of fused-ring (bicyclic) bond motifs is 4. The maximum Gasteiger partial charge on any atom is 0.143 e. The summed E-state index contributed by atoms with van der Waals surface area (Å²) in [6.07, 6.45) is 8.34. The van der Waals surface area contributed by atoms with Gasteiger partial charge in [0.2, 0.25) is 0 Å². The predicted molar refractivity (Wildman–Crippen MR) is 198 cm³/mol. The Morgan fingerprint density at radius 2 is 1.48 bits per heavy atom. The van der Waals surface area contributed by atoms with Crippen LogP contribution in [0.2, 0.25) is 0 Å². The van der Waals surface area contributed by atoms with Crippen molar-refractivity contribution in [2.45, 2.75) is 40.0 Å². The Morgan fingerprint density at radius 3 is 2.22 bits per heavy atom. The standard InChI is InChI=1S/C44H39NO/c1-7-15-41-35(8-2)37-26-27-38-42(43(37)46-41)30(4)39(44(38,5)6)28-29(3)45(40-21-14-19-33-18-12-13-20-36(33)40)34-24-22-32(23-25-34)31-16-10-9-11-17-31/h7-28H,2H2,1,3-6H3/b15-7-,29-28+. The smallest absolute Gasteiger partial charge is 0.143 e. The highest BCUT2D eigenvalue weighted by molar-refractivity contribution is 6.02.